The van der Waals surface area contributed by atoms with Crippen LogP contribution in [0.5, 0.6) is 0 Å². The van der Waals surface area contributed by atoms with Gasteiger partial charge < -0.3 is 9.47 Å². The van der Waals surface area contributed by atoms with Gasteiger partial charge in [-0.15, -0.1) is 0 Å². The lowest BCUT2D eigenvalue weighted by molar-refractivity contribution is -0.149. The maximum Gasteiger partial charge on any atom is 0.192 e. The van der Waals surface area contributed by atoms with Gasteiger partial charge in [-0.1, -0.05) is 24.3 Å². The summed E-state index contributed by atoms with van der Waals surface area (Å²) in [5.74, 6) is -0.590. The molecule has 1 fully saturated rings. The highest BCUT2D eigenvalue weighted by Gasteiger charge is 2.32. The first-order chi connectivity index (χ1) is 7.74. The van der Waals surface area contributed by atoms with E-state index >= 15 is 0 Å². The fourth-order valence-corrected chi connectivity index (χ4v) is 1.86. The molecule has 0 bridgehead atoms. The number of benzene rings is 1. The fraction of sp³-hybridized carbons (Fsp3) is 0.462. The average molecular weight is 217 g/mol. The van der Waals surface area contributed by atoms with Crippen LogP contribution in [0.4, 0.5) is 0 Å². The Morgan fingerprint density at radius 3 is 2.44 bits per heavy atom. The summed E-state index contributed by atoms with van der Waals surface area (Å²) in [7, 11) is 0. The van der Waals surface area contributed by atoms with Gasteiger partial charge in [-0.2, -0.15) is 5.26 Å². The van der Waals surface area contributed by atoms with Crippen molar-refractivity contribution in [1.29, 1.82) is 5.26 Å². The molecule has 0 aliphatic carbocycles. The molecule has 0 atom stereocenters. The number of hydrogen-bond acceptors (Lipinski definition) is 3. The van der Waals surface area contributed by atoms with E-state index in [1.807, 2.05) is 31.2 Å². The first-order valence-corrected chi connectivity index (χ1v) is 5.49. The summed E-state index contributed by atoms with van der Waals surface area (Å²) < 4.78 is 11.1. The second-order valence-electron chi connectivity index (χ2n) is 4.00. The second-order valence-corrected chi connectivity index (χ2v) is 4.00. The van der Waals surface area contributed by atoms with Crippen LogP contribution >= 0.6 is 0 Å². The molecule has 1 aliphatic heterocycles. The molecule has 0 spiro atoms. The molecule has 0 saturated carbocycles. The minimum atomic E-state index is -0.590. The van der Waals surface area contributed by atoms with Gasteiger partial charge >= 0.3 is 0 Å². The van der Waals surface area contributed by atoms with E-state index in [4.69, 9.17) is 14.7 Å². The van der Waals surface area contributed by atoms with Crippen molar-refractivity contribution in [2.45, 2.75) is 25.6 Å². The smallest absolute Gasteiger partial charge is 0.192 e. The monoisotopic (exact) mass is 217 g/mol. The van der Waals surface area contributed by atoms with Gasteiger partial charge in [0.1, 0.15) is 0 Å². The summed E-state index contributed by atoms with van der Waals surface area (Å²) in [6.45, 7) is 3.23. The largest absolute Gasteiger partial charge is 0.344 e. The lowest BCUT2D eigenvalue weighted by Gasteiger charge is -2.22. The molecule has 16 heavy (non-hydrogen) atoms. The zero-order valence-electron chi connectivity index (χ0n) is 9.40. The van der Waals surface area contributed by atoms with Crippen molar-refractivity contribution >= 4 is 0 Å². The lowest BCUT2D eigenvalue weighted by atomic mass is 10.0. The summed E-state index contributed by atoms with van der Waals surface area (Å²) >= 11 is 0. The van der Waals surface area contributed by atoms with E-state index < -0.39 is 5.79 Å². The quantitative estimate of drug-likeness (QED) is 0.780. The Labute approximate surface area is 95.6 Å². The maximum atomic E-state index is 8.51. The molecule has 84 valence electrons. The van der Waals surface area contributed by atoms with E-state index in [1.54, 1.807) is 0 Å². The topological polar surface area (TPSA) is 42.2 Å². The molecule has 0 amide bonds. The van der Waals surface area contributed by atoms with Gasteiger partial charge in [0.05, 0.1) is 19.3 Å². The Balaban J connectivity index is 2.10. The minimum Gasteiger partial charge on any atom is -0.344 e. The number of nitrogens with zero attached hydrogens (tertiary/aromatic N) is 1. The predicted molar refractivity (Wildman–Crippen MR) is 59.6 cm³/mol. The zero-order chi connectivity index (χ0) is 11.4. The first-order valence-electron chi connectivity index (χ1n) is 5.49. The van der Waals surface area contributed by atoms with Gasteiger partial charge in [-0.05, 0) is 18.9 Å². The van der Waals surface area contributed by atoms with Gasteiger partial charge in [-0.3, -0.25) is 0 Å². The molecule has 1 aromatic rings. The first kappa shape index (κ1) is 11.1. The lowest BCUT2D eigenvalue weighted by Crippen LogP contribution is -2.22. The molecule has 0 radical (unpaired) electrons. The Bertz CT molecular complexity index is 385. The summed E-state index contributed by atoms with van der Waals surface area (Å²) in [5.41, 5.74) is 2.21. The molecular formula is C13H15NO2. The Hall–Kier alpha value is -1.37. The zero-order valence-corrected chi connectivity index (χ0v) is 9.40. The Morgan fingerprint density at radius 1 is 1.25 bits per heavy atom. The van der Waals surface area contributed by atoms with Crippen LogP contribution in [0.3, 0.4) is 0 Å². The summed E-state index contributed by atoms with van der Waals surface area (Å²) in [6, 6.07) is 10.2. The fourth-order valence-electron chi connectivity index (χ4n) is 1.86. The number of rotatable bonds is 3. The van der Waals surface area contributed by atoms with Crippen molar-refractivity contribution in [3.63, 3.8) is 0 Å². The average Bonchev–Trinajstić information content (AvgIpc) is 2.75. The third kappa shape index (κ3) is 2.24. The van der Waals surface area contributed by atoms with Gasteiger partial charge in [-0.25, -0.2) is 0 Å². The van der Waals surface area contributed by atoms with Gasteiger partial charge in [0.25, 0.3) is 0 Å². The van der Waals surface area contributed by atoms with Gasteiger partial charge in [0.15, 0.2) is 5.79 Å². The number of hydrogen-bond donors (Lipinski definition) is 0. The third-order valence-electron chi connectivity index (χ3n) is 2.84. The molecule has 3 heteroatoms. The van der Waals surface area contributed by atoms with E-state index in [0.717, 1.165) is 12.0 Å². The highest BCUT2D eigenvalue weighted by molar-refractivity contribution is 5.26. The van der Waals surface area contributed by atoms with Crippen LogP contribution in [0.15, 0.2) is 24.3 Å². The molecule has 2 rings (SSSR count). The molecule has 0 aromatic heterocycles. The van der Waals surface area contributed by atoms with Crippen LogP contribution in [0.1, 0.15) is 24.5 Å². The van der Waals surface area contributed by atoms with Crippen molar-refractivity contribution in [1.82, 2.24) is 0 Å². The van der Waals surface area contributed by atoms with E-state index in [0.29, 0.717) is 19.6 Å². The normalized spacial score (nSPS) is 18.2. The number of aryl methyl sites for hydroxylation is 1. The molecular weight excluding hydrogens is 202 g/mol. The van der Waals surface area contributed by atoms with Gasteiger partial charge in [0, 0.05) is 12.0 Å². The van der Waals surface area contributed by atoms with Crippen LogP contribution in [0, 0.1) is 11.3 Å². The second kappa shape index (κ2) is 4.65. The Kier molecular flexibility index (Phi) is 3.23. The maximum absolute atomic E-state index is 8.51. The molecule has 0 unspecified atom stereocenters. The summed E-state index contributed by atoms with van der Waals surface area (Å²) in [6.07, 6.45) is 1.36. The van der Waals surface area contributed by atoms with E-state index in [-0.39, 0.29) is 0 Å². The SMILES string of the molecule is CC1(c2ccc(CCC#N)cc2)OCCO1. The van der Waals surface area contributed by atoms with E-state index in [1.165, 1.54) is 5.56 Å². The van der Waals surface area contributed by atoms with Crippen molar-refractivity contribution in [3.8, 4) is 6.07 Å². The van der Waals surface area contributed by atoms with E-state index in [2.05, 4.69) is 6.07 Å². The highest BCUT2D eigenvalue weighted by atomic mass is 16.7. The van der Waals surface area contributed by atoms with Crippen LogP contribution in [-0.4, -0.2) is 13.2 Å². The van der Waals surface area contributed by atoms with Crippen molar-refractivity contribution < 1.29 is 9.47 Å². The van der Waals surface area contributed by atoms with Crippen molar-refractivity contribution in [2.75, 3.05) is 13.2 Å². The van der Waals surface area contributed by atoms with Crippen molar-refractivity contribution in [3.05, 3.63) is 35.4 Å². The molecule has 0 N–H and O–H groups in total. The third-order valence-corrected chi connectivity index (χ3v) is 2.84. The molecule has 1 heterocycles. The van der Waals surface area contributed by atoms with Gasteiger partial charge in [0.2, 0.25) is 0 Å². The Morgan fingerprint density at radius 2 is 1.88 bits per heavy atom. The number of ether oxygens (including phenoxy) is 2. The van der Waals surface area contributed by atoms with Crippen LogP contribution < -0.4 is 0 Å². The minimum absolute atomic E-state index is 0.559. The van der Waals surface area contributed by atoms with Crippen LogP contribution in [0.2, 0.25) is 0 Å². The highest BCUT2D eigenvalue weighted by Crippen LogP contribution is 2.30. The van der Waals surface area contributed by atoms with Crippen LogP contribution in [0.25, 0.3) is 0 Å². The summed E-state index contributed by atoms with van der Waals surface area (Å²) in [5, 5.41) is 8.51. The summed E-state index contributed by atoms with van der Waals surface area (Å²) in [4.78, 5) is 0. The van der Waals surface area contributed by atoms with E-state index in [9.17, 15) is 0 Å². The predicted octanol–water partition coefficient (Wildman–Crippen LogP) is 2.36. The molecule has 1 aromatic carbocycles. The molecule has 1 saturated heterocycles. The number of nitriles is 1. The standard InChI is InChI=1S/C13H15NO2/c1-13(15-9-10-16-13)12-6-4-11(5-7-12)3-2-8-14/h4-7H,2-3,9-10H2,1H3. The molecule has 3 nitrogen and oxygen atoms in total. The van der Waals surface area contributed by atoms with Crippen LogP contribution in [-0.2, 0) is 21.7 Å². The molecule has 1 aliphatic rings. The van der Waals surface area contributed by atoms with Crippen molar-refractivity contribution in [2.24, 2.45) is 0 Å².